The molecule has 4 heterocycles. The average Bonchev–Trinajstić information content (AvgIpc) is 3.38. The lowest BCUT2D eigenvalue weighted by atomic mass is 10.2. The van der Waals surface area contributed by atoms with Gasteiger partial charge in [-0.3, -0.25) is 9.48 Å². The van der Waals surface area contributed by atoms with Crippen molar-refractivity contribution in [2.45, 2.75) is 26.9 Å². The first-order valence-electron chi connectivity index (χ1n) is 8.91. The summed E-state index contributed by atoms with van der Waals surface area (Å²) in [7, 11) is 0. The van der Waals surface area contributed by atoms with Crippen LogP contribution in [0.5, 0.6) is 0 Å². The number of carbonyl (C=O) groups excluding carboxylic acids is 1. The standard InChI is InChI=1S/C20H21N5O2/c1-14(2)12-25-13-16(11-23-25)17-3-4-18(27-17)20(26)22-10-15-5-7-24-8-6-21-19(24)9-15/h3-9,11,13-14H,10,12H2,1-2H3,(H,22,26). The first kappa shape index (κ1) is 17.1. The SMILES string of the molecule is CC(C)Cn1cc(-c2ccc(C(=O)NCc3ccn4ccnc4c3)o2)cn1. The summed E-state index contributed by atoms with van der Waals surface area (Å²) in [6, 6.07) is 7.37. The molecule has 4 aromatic rings. The van der Waals surface area contributed by atoms with E-state index in [1.165, 1.54) is 0 Å². The minimum absolute atomic E-state index is 0.251. The summed E-state index contributed by atoms with van der Waals surface area (Å²) >= 11 is 0. The van der Waals surface area contributed by atoms with Crippen molar-refractivity contribution >= 4 is 11.6 Å². The molecule has 0 fully saturated rings. The molecule has 0 unspecified atom stereocenters. The molecule has 0 aromatic carbocycles. The number of aromatic nitrogens is 4. The van der Waals surface area contributed by atoms with Gasteiger partial charge in [0.1, 0.15) is 11.4 Å². The van der Waals surface area contributed by atoms with Crippen molar-refractivity contribution in [2.24, 2.45) is 5.92 Å². The van der Waals surface area contributed by atoms with E-state index in [0.29, 0.717) is 18.2 Å². The van der Waals surface area contributed by atoms with Crippen LogP contribution in [-0.4, -0.2) is 25.1 Å². The van der Waals surface area contributed by atoms with Crippen LogP contribution in [0, 0.1) is 5.92 Å². The minimum Gasteiger partial charge on any atom is -0.451 e. The molecule has 0 spiro atoms. The molecular formula is C20H21N5O2. The van der Waals surface area contributed by atoms with Crippen LogP contribution in [0.25, 0.3) is 17.0 Å². The van der Waals surface area contributed by atoms with Gasteiger partial charge in [-0.1, -0.05) is 13.8 Å². The molecule has 4 aromatic heterocycles. The van der Waals surface area contributed by atoms with Crippen LogP contribution in [0.1, 0.15) is 30.0 Å². The maximum atomic E-state index is 12.4. The third-order valence-corrected chi connectivity index (χ3v) is 4.22. The molecule has 0 bridgehead atoms. The molecule has 7 nitrogen and oxygen atoms in total. The number of pyridine rings is 1. The second-order valence-electron chi connectivity index (χ2n) is 6.92. The van der Waals surface area contributed by atoms with Crippen LogP contribution in [0.15, 0.2) is 59.7 Å². The van der Waals surface area contributed by atoms with E-state index < -0.39 is 0 Å². The zero-order valence-electron chi connectivity index (χ0n) is 15.3. The van der Waals surface area contributed by atoms with Crippen LogP contribution >= 0.6 is 0 Å². The predicted molar refractivity (Wildman–Crippen MR) is 101 cm³/mol. The Hall–Kier alpha value is -3.35. The van der Waals surface area contributed by atoms with E-state index in [1.807, 2.05) is 39.8 Å². The van der Waals surface area contributed by atoms with Crippen molar-refractivity contribution in [3.8, 4) is 11.3 Å². The highest BCUT2D eigenvalue weighted by Gasteiger charge is 2.13. The first-order chi connectivity index (χ1) is 13.1. The Morgan fingerprint density at radius 2 is 2.15 bits per heavy atom. The van der Waals surface area contributed by atoms with Gasteiger partial charge in [0, 0.05) is 37.9 Å². The highest BCUT2D eigenvalue weighted by molar-refractivity contribution is 5.92. The van der Waals surface area contributed by atoms with E-state index in [2.05, 4.69) is 29.2 Å². The number of nitrogens with zero attached hydrogens (tertiary/aromatic N) is 4. The van der Waals surface area contributed by atoms with Crippen LogP contribution < -0.4 is 5.32 Å². The Morgan fingerprint density at radius 3 is 3.00 bits per heavy atom. The summed E-state index contributed by atoms with van der Waals surface area (Å²) in [6.45, 7) is 5.53. The summed E-state index contributed by atoms with van der Waals surface area (Å²) < 4.78 is 9.52. The molecule has 1 N–H and O–H groups in total. The predicted octanol–water partition coefficient (Wildman–Crippen LogP) is 3.38. The van der Waals surface area contributed by atoms with Crippen molar-refractivity contribution in [3.63, 3.8) is 0 Å². The Morgan fingerprint density at radius 1 is 1.26 bits per heavy atom. The lowest BCUT2D eigenvalue weighted by Crippen LogP contribution is -2.22. The molecule has 0 saturated heterocycles. The topological polar surface area (TPSA) is 77.4 Å². The fraction of sp³-hybridized carbons (Fsp3) is 0.250. The number of nitrogens with one attached hydrogen (secondary N) is 1. The van der Waals surface area contributed by atoms with Gasteiger partial charge in [-0.05, 0) is 35.7 Å². The van der Waals surface area contributed by atoms with Gasteiger partial charge in [-0.15, -0.1) is 0 Å². The van der Waals surface area contributed by atoms with E-state index in [4.69, 9.17) is 4.42 Å². The van der Waals surface area contributed by atoms with Gasteiger partial charge in [-0.25, -0.2) is 4.98 Å². The van der Waals surface area contributed by atoms with Gasteiger partial charge in [0.05, 0.1) is 11.8 Å². The number of rotatable bonds is 6. The van der Waals surface area contributed by atoms with Gasteiger partial charge < -0.3 is 14.1 Å². The molecule has 7 heteroatoms. The average molecular weight is 363 g/mol. The Bertz CT molecular complexity index is 1070. The fourth-order valence-electron chi connectivity index (χ4n) is 2.91. The Labute approximate surface area is 156 Å². The molecule has 0 aliphatic heterocycles. The summed E-state index contributed by atoms with van der Waals surface area (Å²) in [6.07, 6.45) is 9.23. The highest BCUT2D eigenvalue weighted by atomic mass is 16.3. The van der Waals surface area contributed by atoms with Crippen LogP contribution in [0.3, 0.4) is 0 Å². The van der Waals surface area contributed by atoms with E-state index in [-0.39, 0.29) is 11.7 Å². The van der Waals surface area contributed by atoms with E-state index in [1.54, 1.807) is 24.5 Å². The van der Waals surface area contributed by atoms with Crippen molar-refractivity contribution in [3.05, 3.63) is 66.6 Å². The van der Waals surface area contributed by atoms with Crippen molar-refractivity contribution in [2.75, 3.05) is 0 Å². The smallest absolute Gasteiger partial charge is 0.287 e. The van der Waals surface area contributed by atoms with Crippen molar-refractivity contribution in [1.29, 1.82) is 0 Å². The Kier molecular flexibility index (Phi) is 4.50. The molecule has 0 aliphatic rings. The van der Waals surface area contributed by atoms with Crippen molar-refractivity contribution < 1.29 is 9.21 Å². The Balaban J connectivity index is 1.41. The molecule has 27 heavy (non-hydrogen) atoms. The second-order valence-corrected chi connectivity index (χ2v) is 6.92. The number of amides is 1. The zero-order valence-corrected chi connectivity index (χ0v) is 15.3. The van der Waals surface area contributed by atoms with Gasteiger partial charge in [0.2, 0.25) is 0 Å². The fourth-order valence-corrected chi connectivity index (χ4v) is 2.91. The minimum atomic E-state index is -0.251. The molecule has 0 aliphatic carbocycles. The summed E-state index contributed by atoms with van der Waals surface area (Å²) in [4.78, 5) is 16.6. The molecular weight excluding hydrogens is 342 g/mol. The number of furan rings is 1. The van der Waals surface area contributed by atoms with Crippen LogP contribution in [0.4, 0.5) is 0 Å². The van der Waals surface area contributed by atoms with E-state index in [9.17, 15) is 4.79 Å². The molecule has 138 valence electrons. The van der Waals surface area contributed by atoms with Gasteiger partial charge in [0.15, 0.2) is 5.76 Å². The molecule has 1 amide bonds. The van der Waals surface area contributed by atoms with E-state index in [0.717, 1.165) is 23.3 Å². The number of hydrogen-bond acceptors (Lipinski definition) is 4. The second kappa shape index (κ2) is 7.11. The maximum absolute atomic E-state index is 12.4. The lowest BCUT2D eigenvalue weighted by Gasteiger charge is -2.04. The summed E-state index contributed by atoms with van der Waals surface area (Å²) in [5.41, 5.74) is 2.68. The van der Waals surface area contributed by atoms with Gasteiger partial charge in [0.25, 0.3) is 5.91 Å². The molecule has 4 rings (SSSR count). The van der Waals surface area contributed by atoms with Crippen LogP contribution in [-0.2, 0) is 13.1 Å². The number of fused-ring (bicyclic) bond motifs is 1. The lowest BCUT2D eigenvalue weighted by molar-refractivity contribution is 0.0924. The maximum Gasteiger partial charge on any atom is 0.287 e. The zero-order chi connectivity index (χ0) is 18.8. The normalized spacial score (nSPS) is 11.4. The van der Waals surface area contributed by atoms with Crippen molar-refractivity contribution in [1.82, 2.24) is 24.5 Å². The number of hydrogen-bond donors (Lipinski definition) is 1. The summed E-state index contributed by atoms with van der Waals surface area (Å²) in [5, 5.41) is 7.21. The van der Waals surface area contributed by atoms with E-state index >= 15 is 0 Å². The third-order valence-electron chi connectivity index (χ3n) is 4.22. The molecule has 0 saturated carbocycles. The first-order valence-corrected chi connectivity index (χ1v) is 8.91. The third kappa shape index (κ3) is 3.76. The number of imidazole rings is 1. The molecule has 0 radical (unpaired) electrons. The van der Waals surface area contributed by atoms with Gasteiger partial charge in [-0.2, -0.15) is 5.10 Å². The number of carbonyl (C=O) groups is 1. The molecule has 0 atom stereocenters. The van der Waals surface area contributed by atoms with Crippen LogP contribution in [0.2, 0.25) is 0 Å². The monoisotopic (exact) mass is 363 g/mol. The summed E-state index contributed by atoms with van der Waals surface area (Å²) in [5.74, 6) is 1.17. The quantitative estimate of drug-likeness (QED) is 0.570. The highest BCUT2D eigenvalue weighted by Crippen LogP contribution is 2.22. The van der Waals surface area contributed by atoms with Gasteiger partial charge >= 0.3 is 0 Å². The largest absolute Gasteiger partial charge is 0.451 e.